The van der Waals surface area contributed by atoms with Crippen molar-refractivity contribution >= 4 is 6.09 Å². The lowest BCUT2D eigenvalue weighted by Crippen LogP contribution is -2.52. The van der Waals surface area contributed by atoms with Crippen molar-refractivity contribution in [1.82, 2.24) is 9.80 Å². The molecule has 1 N–H and O–H groups in total. The highest BCUT2D eigenvalue weighted by Gasteiger charge is 2.36. The molecule has 0 bridgehead atoms. The van der Waals surface area contributed by atoms with Crippen molar-refractivity contribution in [2.24, 2.45) is 0 Å². The number of likely N-dealkylation sites (N-methyl/N-ethyl adjacent to an activating group) is 1. The van der Waals surface area contributed by atoms with Gasteiger partial charge >= 0.3 is 6.09 Å². The Labute approximate surface area is 145 Å². The molecule has 1 heterocycles. The average Bonchev–Trinajstić information content (AvgIpc) is 2.46. The zero-order valence-corrected chi connectivity index (χ0v) is 15.3. The molecule has 0 radical (unpaired) electrons. The van der Waals surface area contributed by atoms with E-state index < -0.39 is 11.2 Å². The molecular formula is C19H30N2O3. The van der Waals surface area contributed by atoms with Gasteiger partial charge in [0, 0.05) is 26.2 Å². The van der Waals surface area contributed by atoms with E-state index in [0.717, 1.165) is 6.54 Å². The van der Waals surface area contributed by atoms with E-state index in [4.69, 9.17) is 4.74 Å². The number of carbonyl (C=O) groups excluding carboxylic acids is 1. The van der Waals surface area contributed by atoms with Crippen LogP contribution in [-0.2, 0) is 11.3 Å². The van der Waals surface area contributed by atoms with Crippen LogP contribution in [0.3, 0.4) is 0 Å². The van der Waals surface area contributed by atoms with E-state index in [1.165, 1.54) is 5.56 Å². The van der Waals surface area contributed by atoms with Gasteiger partial charge in [0.15, 0.2) is 0 Å². The molecule has 1 fully saturated rings. The molecule has 1 aromatic carbocycles. The van der Waals surface area contributed by atoms with Crippen LogP contribution < -0.4 is 0 Å². The fraction of sp³-hybridized carbons (Fsp3) is 0.632. The fourth-order valence-electron chi connectivity index (χ4n) is 3.04. The van der Waals surface area contributed by atoms with Gasteiger partial charge in [-0.1, -0.05) is 30.3 Å². The SMILES string of the molecule is CN(Cc1ccccc1)CC1(O)CCN(C(=O)OC(C)(C)C)CC1. The van der Waals surface area contributed by atoms with Gasteiger partial charge in [-0.3, -0.25) is 4.90 Å². The monoisotopic (exact) mass is 334 g/mol. The van der Waals surface area contributed by atoms with Gasteiger partial charge in [0.25, 0.3) is 0 Å². The first-order valence-electron chi connectivity index (χ1n) is 8.60. The van der Waals surface area contributed by atoms with Crippen LogP contribution in [0.15, 0.2) is 30.3 Å². The molecule has 0 aliphatic carbocycles. The Balaban J connectivity index is 1.82. The summed E-state index contributed by atoms with van der Waals surface area (Å²) in [4.78, 5) is 15.9. The van der Waals surface area contributed by atoms with E-state index >= 15 is 0 Å². The van der Waals surface area contributed by atoms with E-state index in [0.29, 0.717) is 32.5 Å². The number of rotatable bonds is 4. The first-order valence-corrected chi connectivity index (χ1v) is 8.60. The summed E-state index contributed by atoms with van der Waals surface area (Å²) >= 11 is 0. The standard InChI is InChI=1S/C19H30N2O3/c1-18(2,3)24-17(22)21-12-10-19(23,11-13-21)15-20(4)14-16-8-6-5-7-9-16/h5-9,23H,10-15H2,1-4H3. The molecule has 5 nitrogen and oxygen atoms in total. The number of hydrogen-bond acceptors (Lipinski definition) is 4. The predicted molar refractivity (Wildman–Crippen MR) is 94.8 cm³/mol. The van der Waals surface area contributed by atoms with E-state index in [9.17, 15) is 9.90 Å². The number of likely N-dealkylation sites (tertiary alicyclic amines) is 1. The van der Waals surface area contributed by atoms with Crippen LogP contribution in [-0.4, -0.2) is 58.9 Å². The summed E-state index contributed by atoms with van der Waals surface area (Å²) in [6.07, 6.45) is 0.860. The fourth-order valence-corrected chi connectivity index (χ4v) is 3.04. The van der Waals surface area contributed by atoms with Crippen molar-refractivity contribution in [1.29, 1.82) is 0 Å². The first kappa shape index (κ1) is 18.7. The molecule has 1 aliphatic heterocycles. The third-order valence-corrected chi connectivity index (χ3v) is 4.21. The van der Waals surface area contributed by atoms with Crippen LogP contribution in [0, 0.1) is 0 Å². The maximum atomic E-state index is 12.1. The highest BCUT2D eigenvalue weighted by Crippen LogP contribution is 2.25. The van der Waals surface area contributed by atoms with Crippen molar-refractivity contribution in [3.05, 3.63) is 35.9 Å². The topological polar surface area (TPSA) is 53.0 Å². The van der Waals surface area contributed by atoms with Crippen molar-refractivity contribution in [3.8, 4) is 0 Å². The summed E-state index contributed by atoms with van der Waals surface area (Å²) in [5, 5.41) is 10.8. The predicted octanol–water partition coefficient (Wildman–Crippen LogP) is 2.88. The minimum atomic E-state index is -0.748. The maximum Gasteiger partial charge on any atom is 0.410 e. The number of piperidine rings is 1. The van der Waals surface area contributed by atoms with Gasteiger partial charge in [0.2, 0.25) is 0 Å². The number of aliphatic hydroxyl groups is 1. The Hall–Kier alpha value is -1.59. The third kappa shape index (κ3) is 5.80. The van der Waals surface area contributed by atoms with Crippen LogP contribution in [0.4, 0.5) is 4.79 Å². The molecule has 2 rings (SSSR count). The largest absolute Gasteiger partial charge is 0.444 e. The van der Waals surface area contributed by atoms with Gasteiger partial charge in [-0.25, -0.2) is 4.79 Å². The molecule has 0 unspecified atom stereocenters. The zero-order valence-electron chi connectivity index (χ0n) is 15.3. The Morgan fingerprint density at radius 2 is 1.83 bits per heavy atom. The second-order valence-corrected chi connectivity index (χ2v) is 7.85. The summed E-state index contributed by atoms with van der Waals surface area (Å²) in [5.74, 6) is 0. The molecular weight excluding hydrogens is 304 g/mol. The number of carbonyl (C=O) groups is 1. The van der Waals surface area contributed by atoms with Crippen molar-refractivity contribution in [2.45, 2.75) is 51.4 Å². The quantitative estimate of drug-likeness (QED) is 0.920. The Bertz CT molecular complexity index is 531. The Morgan fingerprint density at radius 3 is 2.38 bits per heavy atom. The van der Waals surface area contributed by atoms with E-state index in [1.807, 2.05) is 46.0 Å². The van der Waals surface area contributed by atoms with Gasteiger partial charge in [-0.2, -0.15) is 0 Å². The van der Waals surface area contributed by atoms with Gasteiger partial charge in [-0.15, -0.1) is 0 Å². The first-order chi connectivity index (χ1) is 11.2. The summed E-state index contributed by atoms with van der Waals surface area (Å²) in [6, 6.07) is 10.2. The minimum absolute atomic E-state index is 0.290. The van der Waals surface area contributed by atoms with Crippen molar-refractivity contribution in [3.63, 3.8) is 0 Å². The lowest BCUT2D eigenvalue weighted by molar-refractivity contribution is -0.0476. The molecule has 5 heteroatoms. The van der Waals surface area contributed by atoms with Crippen LogP contribution >= 0.6 is 0 Å². The summed E-state index contributed by atoms with van der Waals surface area (Å²) in [5.41, 5.74) is -0.00207. The Kier molecular flexibility index (Phi) is 5.88. The minimum Gasteiger partial charge on any atom is -0.444 e. The summed E-state index contributed by atoms with van der Waals surface area (Å²) < 4.78 is 5.40. The molecule has 0 atom stereocenters. The molecule has 1 aromatic rings. The molecule has 1 saturated heterocycles. The summed E-state index contributed by atoms with van der Waals surface area (Å²) in [7, 11) is 2.02. The Morgan fingerprint density at radius 1 is 1.25 bits per heavy atom. The van der Waals surface area contributed by atoms with E-state index in [-0.39, 0.29) is 6.09 Å². The smallest absolute Gasteiger partial charge is 0.410 e. The highest BCUT2D eigenvalue weighted by atomic mass is 16.6. The van der Waals surface area contributed by atoms with Crippen LogP contribution in [0.5, 0.6) is 0 Å². The van der Waals surface area contributed by atoms with Gasteiger partial charge in [0.05, 0.1) is 5.60 Å². The summed E-state index contributed by atoms with van der Waals surface area (Å²) in [6.45, 7) is 8.06. The molecule has 134 valence electrons. The zero-order chi connectivity index (χ0) is 17.8. The number of ether oxygens (including phenoxy) is 1. The van der Waals surface area contributed by atoms with Crippen molar-refractivity contribution < 1.29 is 14.6 Å². The second-order valence-electron chi connectivity index (χ2n) is 7.85. The lowest BCUT2D eigenvalue weighted by Gasteiger charge is -2.40. The normalized spacial score (nSPS) is 17.8. The van der Waals surface area contributed by atoms with E-state index in [2.05, 4.69) is 17.0 Å². The number of amides is 1. The number of hydrogen-bond donors (Lipinski definition) is 1. The lowest BCUT2D eigenvalue weighted by atomic mass is 9.91. The maximum absolute atomic E-state index is 12.1. The number of benzene rings is 1. The van der Waals surface area contributed by atoms with Crippen LogP contribution in [0.25, 0.3) is 0 Å². The third-order valence-electron chi connectivity index (χ3n) is 4.21. The van der Waals surface area contributed by atoms with Crippen LogP contribution in [0.1, 0.15) is 39.2 Å². The second kappa shape index (κ2) is 7.53. The number of nitrogens with zero attached hydrogens (tertiary/aromatic N) is 2. The molecule has 0 aromatic heterocycles. The molecule has 0 saturated carbocycles. The van der Waals surface area contributed by atoms with Gasteiger partial charge < -0.3 is 14.7 Å². The van der Waals surface area contributed by atoms with Crippen LogP contribution in [0.2, 0.25) is 0 Å². The van der Waals surface area contributed by atoms with Gasteiger partial charge in [0.1, 0.15) is 5.60 Å². The molecule has 0 spiro atoms. The van der Waals surface area contributed by atoms with E-state index in [1.54, 1.807) is 4.90 Å². The van der Waals surface area contributed by atoms with Crippen molar-refractivity contribution in [2.75, 3.05) is 26.7 Å². The molecule has 1 aliphatic rings. The highest BCUT2D eigenvalue weighted by molar-refractivity contribution is 5.68. The van der Waals surface area contributed by atoms with Gasteiger partial charge in [-0.05, 0) is 46.2 Å². The molecule has 1 amide bonds. The average molecular weight is 334 g/mol. The molecule has 24 heavy (non-hydrogen) atoms.